The molecule has 3 rings (SSSR count). The van der Waals surface area contributed by atoms with Crippen molar-refractivity contribution in [3.05, 3.63) is 45.1 Å². The van der Waals surface area contributed by atoms with Crippen LogP contribution in [0.25, 0.3) is 0 Å². The molecule has 104 valence electrons. The second-order valence-corrected chi connectivity index (χ2v) is 6.69. The van der Waals surface area contributed by atoms with Crippen LogP contribution in [0.2, 0.25) is 0 Å². The van der Waals surface area contributed by atoms with Crippen molar-refractivity contribution in [2.75, 3.05) is 0 Å². The van der Waals surface area contributed by atoms with Gasteiger partial charge in [0.15, 0.2) is 0 Å². The Kier molecular flexibility index (Phi) is 3.85. The van der Waals surface area contributed by atoms with Gasteiger partial charge in [-0.05, 0) is 48.5 Å². The Balaban J connectivity index is 1.80. The van der Waals surface area contributed by atoms with E-state index in [2.05, 4.69) is 25.3 Å². The second-order valence-electron chi connectivity index (χ2n) is 4.99. The van der Waals surface area contributed by atoms with Crippen LogP contribution in [0.5, 0.6) is 0 Å². The summed E-state index contributed by atoms with van der Waals surface area (Å²) < 4.78 is 5.28. The summed E-state index contributed by atoms with van der Waals surface area (Å²) in [6, 6.07) is 7.71. The first-order valence-electron chi connectivity index (χ1n) is 6.44. The molecular weight excluding hydrogens is 340 g/mol. The normalized spacial score (nSPS) is 16.1. The molecule has 1 N–H and O–H groups in total. The number of rotatable bonds is 5. The van der Waals surface area contributed by atoms with Gasteiger partial charge in [0.2, 0.25) is 0 Å². The SMILES string of the molecule is O=C(O)C(Cc1ccc(Br)cc1)c1nc(C2CC2)ns1. The predicted molar refractivity (Wildman–Crippen MR) is 80.1 cm³/mol. The van der Waals surface area contributed by atoms with E-state index in [-0.39, 0.29) is 0 Å². The molecular formula is C14H13BrN2O2S. The second kappa shape index (κ2) is 5.61. The Morgan fingerprint density at radius 3 is 2.70 bits per heavy atom. The molecule has 1 atom stereocenters. The molecule has 0 bridgehead atoms. The van der Waals surface area contributed by atoms with E-state index in [0.717, 1.165) is 28.7 Å². The molecule has 0 radical (unpaired) electrons. The van der Waals surface area contributed by atoms with Crippen molar-refractivity contribution in [1.82, 2.24) is 9.36 Å². The zero-order valence-corrected chi connectivity index (χ0v) is 13.0. The standard InChI is InChI=1S/C14H13BrN2O2S/c15-10-5-1-8(2-6-10)7-11(14(18)19)13-16-12(17-20-13)9-3-4-9/h1-2,5-6,9,11H,3-4,7H2,(H,18,19). The number of benzene rings is 1. The summed E-state index contributed by atoms with van der Waals surface area (Å²) in [4.78, 5) is 15.9. The van der Waals surface area contributed by atoms with Gasteiger partial charge in [-0.1, -0.05) is 28.1 Å². The number of carboxylic acids is 1. The van der Waals surface area contributed by atoms with Crippen molar-refractivity contribution >= 4 is 33.4 Å². The van der Waals surface area contributed by atoms with Crippen molar-refractivity contribution in [3.63, 3.8) is 0 Å². The highest BCUT2D eigenvalue weighted by Crippen LogP contribution is 2.39. The molecule has 1 fully saturated rings. The number of carbonyl (C=O) groups is 1. The summed E-state index contributed by atoms with van der Waals surface area (Å²) >= 11 is 4.60. The van der Waals surface area contributed by atoms with Crippen LogP contribution in [0, 0.1) is 0 Å². The van der Waals surface area contributed by atoms with Crippen LogP contribution in [0.3, 0.4) is 0 Å². The van der Waals surface area contributed by atoms with Crippen LogP contribution in [0.1, 0.15) is 41.1 Å². The largest absolute Gasteiger partial charge is 0.481 e. The highest BCUT2D eigenvalue weighted by atomic mass is 79.9. The number of carboxylic acid groups (broad SMARTS) is 1. The van der Waals surface area contributed by atoms with Gasteiger partial charge in [-0.15, -0.1) is 0 Å². The third kappa shape index (κ3) is 3.07. The Morgan fingerprint density at radius 1 is 1.40 bits per heavy atom. The summed E-state index contributed by atoms with van der Waals surface area (Å²) in [5, 5.41) is 10.0. The smallest absolute Gasteiger partial charge is 0.313 e. The van der Waals surface area contributed by atoms with E-state index in [1.54, 1.807) is 0 Å². The number of hydrogen-bond acceptors (Lipinski definition) is 4. The third-order valence-corrected chi connectivity index (χ3v) is 4.72. The topological polar surface area (TPSA) is 63.1 Å². The minimum atomic E-state index is -0.841. The molecule has 0 amide bonds. The lowest BCUT2D eigenvalue weighted by molar-refractivity contribution is -0.138. The zero-order valence-electron chi connectivity index (χ0n) is 10.6. The van der Waals surface area contributed by atoms with Crippen LogP contribution in [0.15, 0.2) is 28.7 Å². The van der Waals surface area contributed by atoms with Crippen LogP contribution >= 0.6 is 27.5 Å². The summed E-state index contributed by atoms with van der Waals surface area (Å²) in [7, 11) is 0. The fraction of sp³-hybridized carbons (Fsp3) is 0.357. The van der Waals surface area contributed by atoms with Gasteiger partial charge in [0.1, 0.15) is 16.7 Å². The number of hydrogen-bond donors (Lipinski definition) is 1. The quantitative estimate of drug-likeness (QED) is 0.892. The van der Waals surface area contributed by atoms with E-state index >= 15 is 0 Å². The lowest BCUT2D eigenvalue weighted by Crippen LogP contribution is -2.14. The first kappa shape index (κ1) is 13.7. The lowest BCUT2D eigenvalue weighted by Gasteiger charge is -2.09. The maximum absolute atomic E-state index is 11.5. The first-order chi connectivity index (χ1) is 9.63. The fourth-order valence-corrected chi connectivity index (χ4v) is 3.12. The van der Waals surface area contributed by atoms with Crippen LogP contribution in [-0.4, -0.2) is 20.4 Å². The van der Waals surface area contributed by atoms with Gasteiger partial charge in [-0.2, -0.15) is 4.37 Å². The Bertz CT molecular complexity index is 622. The highest BCUT2D eigenvalue weighted by Gasteiger charge is 2.31. The van der Waals surface area contributed by atoms with E-state index in [1.165, 1.54) is 11.5 Å². The summed E-state index contributed by atoms with van der Waals surface area (Å²) in [6.45, 7) is 0. The van der Waals surface area contributed by atoms with E-state index in [4.69, 9.17) is 0 Å². The Labute approximate surface area is 129 Å². The maximum atomic E-state index is 11.5. The molecule has 1 saturated carbocycles. The average Bonchev–Trinajstić information content (AvgIpc) is 3.16. The molecule has 0 saturated heterocycles. The summed E-state index contributed by atoms with van der Waals surface area (Å²) in [5.74, 6) is -0.165. The minimum absolute atomic E-state index is 0.446. The van der Waals surface area contributed by atoms with Crippen molar-refractivity contribution in [2.24, 2.45) is 0 Å². The molecule has 1 aromatic heterocycles. The molecule has 1 aromatic carbocycles. The summed E-state index contributed by atoms with van der Waals surface area (Å²) in [5.41, 5.74) is 0.990. The van der Waals surface area contributed by atoms with Crippen molar-refractivity contribution in [2.45, 2.75) is 31.1 Å². The molecule has 1 aliphatic rings. The lowest BCUT2D eigenvalue weighted by atomic mass is 10.0. The van der Waals surface area contributed by atoms with Crippen molar-refractivity contribution < 1.29 is 9.90 Å². The Morgan fingerprint density at radius 2 is 2.10 bits per heavy atom. The van der Waals surface area contributed by atoms with Gasteiger partial charge < -0.3 is 5.11 Å². The van der Waals surface area contributed by atoms with Gasteiger partial charge in [-0.25, -0.2) is 4.98 Å². The minimum Gasteiger partial charge on any atom is -0.481 e. The highest BCUT2D eigenvalue weighted by molar-refractivity contribution is 9.10. The third-order valence-electron chi connectivity index (χ3n) is 3.35. The predicted octanol–water partition coefficient (Wildman–Crippen LogP) is 3.59. The molecule has 0 aliphatic heterocycles. The number of aromatic nitrogens is 2. The van der Waals surface area contributed by atoms with Gasteiger partial charge in [0.05, 0.1) is 0 Å². The van der Waals surface area contributed by atoms with Gasteiger partial charge in [0, 0.05) is 10.4 Å². The Hall–Kier alpha value is -1.27. The van der Waals surface area contributed by atoms with E-state index < -0.39 is 11.9 Å². The van der Waals surface area contributed by atoms with Gasteiger partial charge in [0.25, 0.3) is 0 Å². The summed E-state index contributed by atoms with van der Waals surface area (Å²) in [6.07, 6.45) is 2.70. The first-order valence-corrected chi connectivity index (χ1v) is 8.01. The molecule has 4 nitrogen and oxygen atoms in total. The number of halogens is 1. The van der Waals surface area contributed by atoms with Crippen LogP contribution in [-0.2, 0) is 11.2 Å². The maximum Gasteiger partial charge on any atom is 0.313 e. The van der Waals surface area contributed by atoms with Crippen LogP contribution < -0.4 is 0 Å². The number of nitrogens with zero attached hydrogens (tertiary/aromatic N) is 2. The monoisotopic (exact) mass is 352 g/mol. The number of aliphatic carboxylic acids is 1. The molecule has 2 aromatic rings. The molecule has 6 heteroatoms. The van der Waals surface area contributed by atoms with Crippen molar-refractivity contribution in [1.29, 1.82) is 0 Å². The molecule has 0 spiro atoms. The molecule has 1 heterocycles. The van der Waals surface area contributed by atoms with E-state index in [1.807, 2.05) is 24.3 Å². The average molecular weight is 353 g/mol. The van der Waals surface area contributed by atoms with E-state index in [9.17, 15) is 9.90 Å². The fourth-order valence-electron chi connectivity index (χ4n) is 2.03. The molecule has 1 aliphatic carbocycles. The zero-order chi connectivity index (χ0) is 14.1. The van der Waals surface area contributed by atoms with Gasteiger partial charge in [-0.3, -0.25) is 4.79 Å². The van der Waals surface area contributed by atoms with Crippen molar-refractivity contribution in [3.8, 4) is 0 Å². The van der Waals surface area contributed by atoms with E-state index in [0.29, 0.717) is 17.3 Å². The molecule has 1 unspecified atom stereocenters. The molecule has 20 heavy (non-hydrogen) atoms. The van der Waals surface area contributed by atoms with Gasteiger partial charge >= 0.3 is 5.97 Å². The van der Waals surface area contributed by atoms with Crippen LogP contribution in [0.4, 0.5) is 0 Å².